The SMILES string of the molecule is O=C(CN(C(=O)c1ccc(Cl)c(Cl)c1)N1C(=O)[C@@H]2CCCC[C@H]2C1=O)c1ccc(OC(=O)c2ccc(Cl)cc2Cl)cc1. The van der Waals surface area contributed by atoms with Gasteiger partial charge in [0.2, 0.25) is 0 Å². The summed E-state index contributed by atoms with van der Waals surface area (Å²) in [5.41, 5.74) is 0.316. The van der Waals surface area contributed by atoms with Gasteiger partial charge in [0.25, 0.3) is 17.7 Å². The summed E-state index contributed by atoms with van der Waals surface area (Å²) in [5, 5.41) is 2.50. The van der Waals surface area contributed by atoms with E-state index in [9.17, 15) is 24.0 Å². The number of nitrogens with zero attached hydrogens (tertiary/aromatic N) is 2. The van der Waals surface area contributed by atoms with Gasteiger partial charge < -0.3 is 4.74 Å². The Hall–Kier alpha value is -3.43. The number of fused-ring (bicyclic) bond motifs is 1. The lowest BCUT2D eigenvalue weighted by Gasteiger charge is -2.30. The molecule has 8 nitrogen and oxygen atoms in total. The van der Waals surface area contributed by atoms with Crippen LogP contribution in [0.25, 0.3) is 0 Å². The molecular weight excluding hydrogens is 626 g/mol. The Morgan fingerprint density at radius 1 is 0.762 bits per heavy atom. The van der Waals surface area contributed by atoms with Gasteiger partial charge in [-0.3, -0.25) is 19.2 Å². The number of esters is 1. The molecule has 1 saturated heterocycles. The number of halogens is 4. The Bertz CT molecular complexity index is 1590. The fourth-order valence-corrected chi connectivity index (χ4v) is 5.93. The number of benzene rings is 3. The van der Waals surface area contributed by atoms with E-state index in [0.29, 0.717) is 17.9 Å². The number of carbonyl (C=O) groups excluding carboxylic acids is 5. The number of imide groups is 1. The maximum atomic E-state index is 13.7. The van der Waals surface area contributed by atoms with Gasteiger partial charge in [0.05, 0.1) is 32.5 Å². The molecule has 1 aliphatic carbocycles. The first-order valence-electron chi connectivity index (χ1n) is 13.0. The first-order chi connectivity index (χ1) is 20.0. The molecule has 1 aliphatic heterocycles. The van der Waals surface area contributed by atoms with Crippen molar-refractivity contribution in [2.45, 2.75) is 25.7 Å². The third-order valence-electron chi connectivity index (χ3n) is 7.29. The van der Waals surface area contributed by atoms with Gasteiger partial charge in [-0.1, -0.05) is 59.2 Å². The van der Waals surface area contributed by atoms with E-state index in [4.69, 9.17) is 51.1 Å². The summed E-state index contributed by atoms with van der Waals surface area (Å²) < 4.78 is 5.35. The lowest BCUT2D eigenvalue weighted by Crippen LogP contribution is -2.52. The largest absolute Gasteiger partial charge is 0.423 e. The van der Waals surface area contributed by atoms with E-state index in [1.54, 1.807) is 0 Å². The fourth-order valence-electron chi connectivity index (χ4n) is 5.15. The lowest BCUT2D eigenvalue weighted by molar-refractivity contribution is -0.154. The Morgan fingerprint density at radius 3 is 1.98 bits per heavy atom. The van der Waals surface area contributed by atoms with Crippen molar-refractivity contribution in [1.29, 1.82) is 0 Å². The van der Waals surface area contributed by atoms with Gasteiger partial charge in [0.1, 0.15) is 12.3 Å². The number of rotatable bonds is 7. The first kappa shape index (κ1) is 30.0. The third kappa shape index (κ3) is 6.03. The normalized spacial score (nSPS) is 18.0. The minimum atomic E-state index is -0.757. The number of ether oxygens (including phenoxy) is 1. The molecule has 0 bridgehead atoms. The molecule has 42 heavy (non-hydrogen) atoms. The molecule has 0 spiro atoms. The van der Waals surface area contributed by atoms with Gasteiger partial charge in [-0.25, -0.2) is 9.80 Å². The number of hydrogen-bond donors (Lipinski definition) is 0. The number of carbonyl (C=O) groups is 5. The molecule has 2 atom stereocenters. The predicted octanol–water partition coefficient (Wildman–Crippen LogP) is 6.93. The van der Waals surface area contributed by atoms with Crippen LogP contribution in [0.3, 0.4) is 0 Å². The van der Waals surface area contributed by atoms with Crippen LogP contribution in [0.1, 0.15) is 56.8 Å². The van der Waals surface area contributed by atoms with Crippen LogP contribution in [0, 0.1) is 11.8 Å². The highest BCUT2D eigenvalue weighted by atomic mass is 35.5. The van der Waals surface area contributed by atoms with Crippen LogP contribution in [0.2, 0.25) is 20.1 Å². The van der Waals surface area contributed by atoms with Crippen molar-refractivity contribution < 1.29 is 28.7 Å². The highest BCUT2D eigenvalue weighted by Crippen LogP contribution is 2.39. The zero-order valence-electron chi connectivity index (χ0n) is 21.8. The zero-order valence-corrected chi connectivity index (χ0v) is 24.8. The fraction of sp³-hybridized carbons (Fsp3) is 0.233. The van der Waals surface area contributed by atoms with Crippen molar-refractivity contribution in [2.75, 3.05) is 6.54 Å². The van der Waals surface area contributed by atoms with Crippen LogP contribution < -0.4 is 4.74 Å². The van der Waals surface area contributed by atoms with Crippen LogP contribution in [-0.4, -0.2) is 46.0 Å². The molecule has 0 N–H and O–H groups in total. The van der Waals surface area contributed by atoms with Crippen LogP contribution in [-0.2, 0) is 9.59 Å². The molecule has 12 heteroatoms. The second-order valence-electron chi connectivity index (χ2n) is 9.94. The lowest BCUT2D eigenvalue weighted by atomic mass is 9.81. The Morgan fingerprint density at radius 2 is 1.38 bits per heavy atom. The molecular formula is C30H22Cl4N2O6. The maximum absolute atomic E-state index is 13.7. The number of hydrazine groups is 1. The van der Waals surface area contributed by atoms with Crippen molar-refractivity contribution in [3.63, 3.8) is 0 Å². The minimum absolute atomic E-state index is 0.0517. The van der Waals surface area contributed by atoms with Gasteiger partial charge >= 0.3 is 5.97 Å². The van der Waals surface area contributed by atoms with E-state index in [-0.39, 0.29) is 37.5 Å². The molecule has 5 rings (SSSR count). The quantitative estimate of drug-likeness (QED) is 0.119. The summed E-state index contributed by atoms with van der Waals surface area (Å²) >= 11 is 24.1. The summed E-state index contributed by atoms with van der Waals surface area (Å²) in [4.78, 5) is 66.3. The van der Waals surface area contributed by atoms with Crippen molar-refractivity contribution in [3.05, 3.63) is 97.4 Å². The van der Waals surface area contributed by atoms with E-state index in [1.807, 2.05) is 0 Å². The van der Waals surface area contributed by atoms with E-state index in [1.165, 1.54) is 60.7 Å². The van der Waals surface area contributed by atoms with Gasteiger partial charge in [0, 0.05) is 16.1 Å². The number of ketones is 1. The monoisotopic (exact) mass is 646 g/mol. The van der Waals surface area contributed by atoms with Crippen molar-refractivity contribution >= 4 is 75.9 Å². The van der Waals surface area contributed by atoms with Gasteiger partial charge in [-0.15, -0.1) is 0 Å². The Kier molecular flexibility index (Phi) is 8.89. The molecule has 3 aromatic carbocycles. The van der Waals surface area contributed by atoms with Crippen LogP contribution in [0.15, 0.2) is 60.7 Å². The second-order valence-corrected chi connectivity index (χ2v) is 11.6. The summed E-state index contributed by atoms with van der Waals surface area (Å²) in [7, 11) is 0. The number of amides is 3. The average molecular weight is 648 g/mol. The zero-order chi connectivity index (χ0) is 30.1. The third-order valence-corrected chi connectivity index (χ3v) is 8.58. The van der Waals surface area contributed by atoms with Crippen LogP contribution in [0.4, 0.5) is 0 Å². The maximum Gasteiger partial charge on any atom is 0.345 e. The van der Waals surface area contributed by atoms with E-state index >= 15 is 0 Å². The molecule has 1 saturated carbocycles. The van der Waals surface area contributed by atoms with Crippen molar-refractivity contribution in [1.82, 2.24) is 10.0 Å². The van der Waals surface area contributed by atoms with Crippen LogP contribution >= 0.6 is 46.4 Å². The molecule has 3 aromatic rings. The number of Topliss-reactive ketones (excluding diaryl/α,β-unsaturated/α-hetero) is 1. The smallest absolute Gasteiger partial charge is 0.345 e. The molecule has 0 unspecified atom stereocenters. The van der Waals surface area contributed by atoms with Gasteiger partial charge in [0.15, 0.2) is 5.78 Å². The van der Waals surface area contributed by atoms with E-state index in [0.717, 1.165) is 22.9 Å². The standard InChI is InChI=1S/C30H22Cl4N2O6/c31-18-8-11-22(24(33)14-18)30(41)42-19-9-5-16(6-10-19)26(37)15-35(27(38)17-7-12-23(32)25(34)13-17)36-28(39)20-3-1-2-4-21(20)29(36)40/h5-14,20-21H,1-4,15H2/t20-,21-/m1/s1. The first-order valence-corrected chi connectivity index (χ1v) is 14.5. The Balaban J connectivity index is 1.38. The predicted molar refractivity (Wildman–Crippen MR) is 157 cm³/mol. The van der Waals surface area contributed by atoms with Gasteiger partial charge in [-0.05, 0) is 73.5 Å². The molecule has 3 amide bonds. The molecule has 2 aliphatic rings. The van der Waals surface area contributed by atoms with E-state index in [2.05, 4.69) is 0 Å². The molecule has 0 radical (unpaired) electrons. The topological polar surface area (TPSA) is 101 Å². The average Bonchev–Trinajstić information content (AvgIpc) is 3.22. The summed E-state index contributed by atoms with van der Waals surface area (Å²) in [6, 6.07) is 14.1. The van der Waals surface area contributed by atoms with Crippen molar-refractivity contribution in [2.24, 2.45) is 11.8 Å². The van der Waals surface area contributed by atoms with Crippen LogP contribution in [0.5, 0.6) is 5.75 Å². The Labute approximate surface area is 261 Å². The van der Waals surface area contributed by atoms with E-state index < -0.39 is 47.9 Å². The number of hydrogen-bond acceptors (Lipinski definition) is 6. The minimum Gasteiger partial charge on any atom is -0.423 e. The molecule has 216 valence electrons. The molecule has 2 fully saturated rings. The molecule has 1 heterocycles. The highest BCUT2D eigenvalue weighted by molar-refractivity contribution is 6.42. The van der Waals surface area contributed by atoms with Gasteiger partial charge in [-0.2, -0.15) is 5.01 Å². The highest BCUT2D eigenvalue weighted by Gasteiger charge is 2.51. The summed E-state index contributed by atoms with van der Waals surface area (Å²) in [6.45, 7) is -0.602. The summed E-state index contributed by atoms with van der Waals surface area (Å²) in [5.74, 6) is -3.97. The molecule has 0 aromatic heterocycles. The summed E-state index contributed by atoms with van der Waals surface area (Å²) in [6.07, 6.45) is 2.68. The second kappa shape index (κ2) is 12.4. The van der Waals surface area contributed by atoms with Crippen molar-refractivity contribution in [3.8, 4) is 5.75 Å².